The maximum atomic E-state index is 13.3. The maximum absolute atomic E-state index is 13.3. The van der Waals surface area contributed by atoms with Crippen LogP contribution in [0.4, 0.5) is 13.2 Å². The van der Waals surface area contributed by atoms with Crippen molar-refractivity contribution in [3.05, 3.63) is 53.3 Å². The first-order valence-electron chi connectivity index (χ1n) is 7.88. The summed E-state index contributed by atoms with van der Waals surface area (Å²) in [5.74, 6) is -0.331. The fourth-order valence-electron chi connectivity index (χ4n) is 3.26. The fraction of sp³-hybridized carbons (Fsp3) is 0.412. The molecule has 0 unspecified atom stereocenters. The zero-order valence-electron chi connectivity index (χ0n) is 13.6. The van der Waals surface area contributed by atoms with Crippen LogP contribution in [0.2, 0.25) is 0 Å². The summed E-state index contributed by atoms with van der Waals surface area (Å²) in [4.78, 5) is 14.0. The number of aliphatic hydroxyl groups excluding tert-OH is 1. The number of amides is 1. The average molecular weight is 353 g/mol. The number of aliphatic hydroxyl groups is 1. The van der Waals surface area contributed by atoms with E-state index in [0.717, 1.165) is 6.07 Å². The number of aromatic nitrogens is 2. The van der Waals surface area contributed by atoms with Gasteiger partial charge in [0.15, 0.2) is 0 Å². The molecule has 1 aliphatic rings. The van der Waals surface area contributed by atoms with Gasteiger partial charge in [-0.2, -0.15) is 18.3 Å². The molecule has 0 saturated carbocycles. The van der Waals surface area contributed by atoms with Gasteiger partial charge < -0.3 is 10.0 Å². The van der Waals surface area contributed by atoms with Gasteiger partial charge in [-0.25, -0.2) is 0 Å². The van der Waals surface area contributed by atoms with Crippen LogP contribution in [0.5, 0.6) is 0 Å². The number of alkyl halides is 3. The van der Waals surface area contributed by atoms with Crippen LogP contribution in [-0.4, -0.2) is 38.3 Å². The lowest BCUT2D eigenvalue weighted by molar-refractivity contribution is -0.140. The Hall–Kier alpha value is -2.35. The minimum absolute atomic E-state index is 0.0184. The molecule has 1 fully saturated rings. The first kappa shape index (κ1) is 17.5. The molecule has 0 bridgehead atoms. The molecule has 1 amide bonds. The van der Waals surface area contributed by atoms with Crippen LogP contribution in [0, 0.1) is 0 Å². The number of rotatable bonds is 3. The van der Waals surface area contributed by atoms with Gasteiger partial charge >= 0.3 is 6.18 Å². The molecule has 2 atom stereocenters. The summed E-state index contributed by atoms with van der Waals surface area (Å²) in [6, 6.07) is 6.09. The van der Waals surface area contributed by atoms with E-state index in [9.17, 15) is 23.1 Å². The summed E-state index contributed by atoms with van der Waals surface area (Å²) in [6.45, 7) is 0.0214. The largest absolute Gasteiger partial charge is 0.416 e. The molecule has 8 heteroatoms. The molecule has 1 saturated heterocycles. The Balaban J connectivity index is 1.90. The van der Waals surface area contributed by atoms with Gasteiger partial charge in [0, 0.05) is 25.5 Å². The number of carbonyl (C=O) groups is 1. The van der Waals surface area contributed by atoms with Crippen molar-refractivity contribution >= 4 is 5.91 Å². The van der Waals surface area contributed by atoms with Crippen molar-refractivity contribution in [2.75, 3.05) is 6.54 Å². The Morgan fingerprint density at radius 3 is 2.68 bits per heavy atom. The van der Waals surface area contributed by atoms with Crippen LogP contribution in [0.15, 0.2) is 36.5 Å². The van der Waals surface area contributed by atoms with Crippen molar-refractivity contribution in [3.63, 3.8) is 0 Å². The zero-order chi connectivity index (χ0) is 18.2. The number of nitrogens with zero attached hydrogens (tertiary/aromatic N) is 3. The monoisotopic (exact) mass is 353 g/mol. The van der Waals surface area contributed by atoms with E-state index in [0.29, 0.717) is 5.69 Å². The van der Waals surface area contributed by atoms with Crippen LogP contribution >= 0.6 is 0 Å². The summed E-state index contributed by atoms with van der Waals surface area (Å²) in [6.07, 6.45) is -3.70. The number of aryl methyl sites for hydroxylation is 1. The Morgan fingerprint density at radius 1 is 1.32 bits per heavy atom. The predicted molar refractivity (Wildman–Crippen MR) is 83.4 cm³/mol. The van der Waals surface area contributed by atoms with E-state index in [1.807, 2.05) is 0 Å². The van der Waals surface area contributed by atoms with Crippen molar-refractivity contribution in [2.45, 2.75) is 31.2 Å². The van der Waals surface area contributed by atoms with Crippen LogP contribution in [0.3, 0.4) is 0 Å². The molecule has 2 heterocycles. The van der Waals surface area contributed by atoms with Gasteiger partial charge in [0.05, 0.1) is 24.1 Å². The fourth-order valence-corrected chi connectivity index (χ4v) is 3.26. The van der Waals surface area contributed by atoms with Crippen LogP contribution < -0.4 is 0 Å². The Morgan fingerprint density at radius 2 is 2.04 bits per heavy atom. The summed E-state index contributed by atoms with van der Waals surface area (Å²) >= 11 is 0. The maximum Gasteiger partial charge on any atom is 0.416 e. The molecule has 1 N–H and O–H groups in total. The molecule has 3 rings (SSSR count). The molecular formula is C17H18F3N3O2. The molecule has 1 aromatic carbocycles. The first-order valence-corrected chi connectivity index (χ1v) is 7.88. The van der Waals surface area contributed by atoms with Gasteiger partial charge in [0.1, 0.15) is 0 Å². The highest BCUT2D eigenvalue weighted by Gasteiger charge is 2.41. The molecule has 0 spiro atoms. The van der Waals surface area contributed by atoms with E-state index in [1.165, 1.54) is 23.1 Å². The minimum Gasteiger partial charge on any atom is -0.391 e. The topological polar surface area (TPSA) is 58.4 Å². The standard InChI is InChI=1S/C17H18F3N3O2/c1-22-11(6-7-21-22)8-16(25)23-10-12(24)9-15(23)13-4-2-3-5-14(13)17(18,19)20/h2-7,12,15,24H,8-10H2,1H3/t12-,15+/m0/s1. The molecule has 1 aromatic heterocycles. The predicted octanol–water partition coefficient (Wildman–Crippen LogP) is 2.32. The SMILES string of the molecule is Cn1nccc1CC(=O)N1C[C@@H](O)C[C@@H]1c1ccccc1C(F)(F)F. The lowest BCUT2D eigenvalue weighted by Gasteiger charge is -2.27. The van der Waals surface area contributed by atoms with Crippen molar-refractivity contribution in [2.24, 2.45) is 7.05 Å². The Bertz CT molecular complexity index is 772. The summed E-state index contributed by atoms with van der Waals surface area (Å²) in [5.41, 5.74) is -0.0911. The quantitative estimate of drug-likeness (QED) is 0.921. The molecule has 0 aliphatic carbocycles. The lowest BCUT2D eigenvalue weighted by Crippen LogP contribution is -2.34. The van der Waals surface area contributed by atoms with E-state index in [4.69, 9.17) is 0 Å². The van der Waals surface area contributed by atoms with Crippen molar-refractivity contribution in [1.82, 2.24) is 14.7 Å². The van der Waals surface area contributed by atoms with E-state index >= 15 is 0 Å². The van der Waals surface area contributed by atoms with Gasteiger partial charge in [-0.15, -0.1) is 0 Å². The second-order valence-corrected chi connectivity index (χ2v) is 6.16. The van der Waals surface area contributed by atoms with Gasteiger partial charge in [-0.1, -0.05) is 18.2 Å². The molecule has 2 aromatic rings. The number of hydrogen-bond donors (Lipinski definition) is 1. The van der Waals surface area contributed by atoms with Gasteiger partial charge in [-0.3, -0.25) is 9.48 Å². The first-order chi connectivity index (χ1) is 11.8. The van der Waals surface area contributed by atoms with E-state index in [2.05, 4.69) is 5.10 Å². The normalized spacial score (nSPS) is 20.9. The molecule has 0 radical (unpaired) electrons. The number of β-amino-alcohol motifs (C(OH)–C–C–N with tert-alkyl or cyclic N) is 1. The zero-order valence-corrected chi connectivity index (χ0v) is 13.6. The van der Waals surface area contributed by atoms with E-state index in [-0.39, 0.29) is 30.9 Å². The van der Waals surface area contributed by atoms with Crippen molar-refractivity contribution in [3.8, 4) is 0 Å². The summed E-state index contributed by atoms with van der Waals surface area (Å²) < 4.78 is 41.5. The smallest absolute Gasteiger partial charge is 0.391 e. The lowest BCUT2D eigenvalue weighted by atomic mass is 9.97. The van der Waals surface area contributed by atoms with Gasteiger partial charge in [-0.05, 0) is 24.1 Å². The summed E-state index contributed by atoms with van der Waals surface area (Å²) in [5, 5.41) is 13.9. The highest BCUT2D eigenvalue weighted by Crippen LogP contribution is 2.40. The van der Waals surface area contributed by atoms with Gasteiger partial charge in [0.25, 0.3) is 0 Å². The highest BCUT2D eigenvalue weighted by molar-refractivity contribution is 5.79. The number of benzene rings is 1. The third kappa shape index (κ3) is 3.53. The number of halogens is 3. The number of likely N-dealkylation sites (tertiary alicyclic amines) is 1. The Labute approximate surface area is 142 Å². The third-order valence-electron chi connectivity index (χ3n) is 4.48. The van der Waals surface area contributed by atoms with Crippen LogP contribution in [0.25, 0.3) is 0 Å². The van der Waals surface area contributed by atoms with E-state index < -0.39 is 23.9 Å². The second kappa shape index (κ2) is 6.51. The van der Waals surface area contributed by atoms with E-state index in [1.54, 1.807) is 24.0 Å². The second-order valence-electron chi connectivity index (χ2n) is 6.16. The Kier molecular flexibility index (Phi) is 4.55. The molecule has 5 nitrogen and oxygen atoms in total. The van der Waals surface area contributed by atoms with Crippen molar-refractivity contribution < 1.29 is 23.1 Å². The van der Waals surface area contributed by atoms with Crippen molar-refractivity contribution in [1.29, 1.82) is 0 Å². The third-order valence-corrected chi connectivity index (χ3v) is 4.48. The molecule has 134 valence electrons. The van der Waals surface area contributed by atoms with Gasteiger partial charge in [0.2, 0.25) is 5.91 Å². The number of hydrogen-bond acceptors (Lipinski definition) is 3. The van der Waals surface area contributed by atoms with Crippen LogP contribution in [-0.2, 0) is 24.4 Å². The number of carbonyl (C=O) groups excluding carboxylic acids is 1. The van der Waals surface area contributed by atoms with Crippen LogP contribution in [0.1, 0.15) is 29.3 Å². The molecule has 1 aliphatic heterocycles. The minimum atomic E-state index is -4.51. The highest BCUT2D eigenvalue weighted by atomic mass is 19.4. The molecule has 25 heavy (non-hydrogen) atoms. The molecular weight excluding hydrogens is 335 g/mol. The average Bonchev–Trinajstić information content (AvgIpc) is 3.13. The summed E-state index contributed by atoms with van der Waals surface area (Å²) in [7, 11) is 1.69.